The Kier molecular flexibility index (Phi) is 6.30. The van der Waals surface area contributed by atoms with Crippen LogP contribution in [-0.4, -0.2) is 5.97 Å². The predicted octanol–water partition coefficient (Wildman–Crippen LogP) is 5.05. The number of hydrogen-bond donors (Lipinski definition) is 0. The van der Waals surface area contributed by atoms with Crippen molar-refractivity contribution in [3.05, 3.63) is 27.8 Å². The highest BCUT2D eigenvalue weighted by Gasteiger charge is 2.17. The fraction of sp³-hybridized carbons (Fsp3) is 0.562. The molecule has 0 saturated heterocycles. The SMILES string of the molecule is CC(CCCC(C)(C)C)C(=O)Oc1cccc(I)c1. The summed E-state index contributed by atoms with van der Waals surface area (Å²) in [5.74, 6) is 0.468. The van der Waals surface area contributed by atoms with Gasteiger partial charge in [0.25, 0.3) is 0 Å². The van der Waals surface area contributed by atoms with E-state index < -0.39 is 0 Å². The van der Waals surface area contributed by atoms with Crippen LogP contribution in [0.25, 0.3) is 0 Å². The Balaban J connectivity index is 2.41. The van der Waals surface area contributed by atoms with Crippen molar-refractivity contribution in [2.45, 2.75) is 47.0 Å². The van der Waals surface area contributed by atoms with Gasteiger partial charge in [0.1, 0.15) is 5.75 Å². The number of benzene rings is 1. The number of hydrogen-bond acceptors (Lipinski definition) is 2. The van der Waals surface area contributed by atoms with Crippen LogP contribution >= 0.6 is 22.6 Å². The van der Waals surface area contributed by atoms with Crippen LogP contribution in [0.1, 0.15) is 47.0 Å². The molecule has 0 spiro atoms. The first-order chi connectivity index (χ1) is 8.78. The second-order valence-corrected chi connectivity index (χ2v) is 7.48. The zero-order chi connectivity index (χ0) is 14.5. The monoisotopic (exact) mass is 374 g/mol. The van der Waals surface area contributed by atoms with E-state index in [0.717, 1.165) is 22.8 Å². The zero-order valence-corrected chi connectivity index (χ0v) is 14.4. The number of ether oxygens (including phenoxy) is 1. The van der Waals surface area contributed by atoms with E-state index in [9.17, 15) is 4.79 Å². The molecule has 0 aromatic heterocycles. The van der Waals surface area contributed by atoms with Crippen molar-refractivity contribution >= 4 is 28.6 Å². The Morgan fingerprint density at radius 2 is 2.05 bits per heavy atom. The van der Waals surface area contributed by atoms with Gasteiger partial charge in [-0.3, -0.25) is 4.79 Å². The van der Waals surface area contributed by atoms with Crippen molar-refractivity contribution in [1.82, 2.24) is 0 Å². The molecule has 1 aromatic carbocycles. The molecule has 106 valence electrons. The summed E-state index contributed by atoms with van der Waals surface area (Å²) in [6, 6.07) is 7.57. The highest BCUT2D eigenvalue weighted by Crippen LogP contribution is 2.24. The van der Waals surface area contributed by atoms with Gasteiger partial charge in [-0.05, 0) is 59.0 Å². The molecular weight excluding hydrogens is 351 g/mol. The van der Waals surface area contributed by atoms with E-state index in [0.29, 0.717) is 11.2 Å². The molecule has 1 unspecified atom stereocenters. The molecule has 0 fully saturated rings. The molecule has 1 atom stereocenters. The lowest BCUT2D eigenvalue weighted by atomic mass is 9.88. The summed E-state index contributed by atoms with van der Waals surface area (Å²) in [7, 11) is 0. The molecule has 0 amide bonds. The van der Waals surface area contributed by atoms with Gasteiger partial charge in [0.2, 0.25) is 0 Å². The number of halogens is 1. The molecular formula is C16H23IO2. The topological polar surface area (TPSA) is 26.3 Å². The lowest BCUT2D eigenvalue weighted by molar-refractivity contribution is -0.138. The van der Waals surface area contributed by atoms with E-state index >= 15 is 0 Å². The molecule has 2 nitrogen and oxygen atoms in total. The van der Waals surface area contributed by atoms with Gasteiger partial charge >= 0.3 is 5.97 Å². The van der Waals surface area contributed by atoms with Crippen molar-refractivity contribution in [3.63, 3.8) is 0 Å². The standard InChI is InChI=1S/C16H23IO2/c1-12(7-6-10-16(2,3)4)15(18)19-14-9-5-8-13(17)11-14/h5,8-9,11-12H,6-7,10H2,1-4H3. The smallest absolute Gasteiger partial charge is 0.314 e. The maximum Gasteiger partial charge on any atom is 0.314 e. The first-order valence-corrected chi connectivity index (χ1v) is 7.83. The van der Waals surface area contributed by atoms with E-state index in [2.05, 4.69) is 43.4 Å². The van der Waals surface area contributed by atoms with Gasteiger partial charge in [-0.15, -0.1) is 0 Å². The molecule has 0 saturated carbocycles. The molecule has 0 aliphatic heterocycles. The highest BCUT2D eigenvalue weighted by molar-refractivity contribution is 14.1. The summed E-state index contributed by atoms with van der Waals surface area (Å²) in [5.41, 5.74) is 0.333. The first-order valence-electron chi connectivity index (χ1n) is 6.75. The number of carbonyl (C=O) groups excluding carboxylic acids is 1. The van der Waals surface area contributed by atoms with Crippen molar-refractivity contribution in [2.75, 3.05) is 0 Å². The Morgan fingerprint density at radius 3 is 2.63 bits per heavy atom. The Morgan fingerprint density at radius 1 is 1.37 bits per heavy atom. The van der Waals surface area contributed by atoms with E-state index in [-0.39, 0.29) is 11.9 Å². The quantitative estimate of drug-likeness (QED) is 0.410. The Bertz CT molecular complexity index is 421. The van der Waals surface area contributed by atoms with Gasteiger partial charge in [0.15, 0.2) is 0 Å². The second kappa shape index (κ2) is 7.27. The third kappa shape index (κ3) is 6.95. The van der Waals surface area contributed by atoms with Gasteiger partial charge in [-0.1, -0.05) is 40.2 Å². The van der Waals surface area contributed by atoms with Crippen LogP contribution < -0.4 is 4.74 Å². The van der Waals surface area contributed by atoms with E-state index in [1.165, 1.54) is 0 Å². The third-order valence-electron chi connectivity index (χ3n) is 2.98. The molecule has 0 radical (unpaired) electrons. The number of esters is 1. The minimum absolute atomic E-state index is 0.0415. The minimum atomic E-state index is -0.129. The summed E-state index contributed by atoms with van der Waals surface area (Å²) in [6.07, 6.45) is 3.08. The molecule has 19 heavy (non-hydrogen) atoms. The number of carbonyl (C=O) groups is 1. The maximum absolute atomic E-state index is 12.0. The number of rotatable bonds is 5. The van der Waals surface area contributed by atoms with Crippen molar-refractivity contribution in [1.29, 1.82) is 0 Å². The Labute approximate surface area is 130 Å². The fourth-order valence-electron chi connectivity index (χ4n) is 1.80. The third-order valence-corrected chi connectivity index (χ3v) is 3.65. The van der Waals surface area contributed by atoms with Gasteiger partial charge in [-0.25, -0.2) is 0 Å². The summed E-state index contributed by atoms with van der Waals surface area (Å²) in [6.45, 7) is 8.62. The maximum atomic E-state index is 12.0. The second-order valence-electron chi connectivity index (χ2n) is 6.23. The van der Waals surface area contributed by atoms with Crippen LogP contribution in [0.3, 0.4) is 0 Å². The van der Waals surface area contributed by atoms with Crippen LogP contribution in [-0.2, 0) is 4.79 Å². The summed E-state index contributed by atoms with van der Waals surface area (Å²) >= 11 is 2.21. The van der Waals surface area contributed by atoms with E-state index in [1.807, 2.05) is 31.2 Å². The van der Waals surface area contributed by atoms with Gasteiger partial charge in [0, 0.05) is 3.57 Å². The van der Waals surface area contributed by atoms with Crippen LogP contribution in [0, 0.1) is 14.9 Å². The van der Waals surface area contributed by atoms with Crippen molar-refractivity contribution in [2.24, 2.45) is 11.3 Å². The molecule has 3 heteroatoms. The average Bonchev–Trinajstić information content (AvgIpc) is 2.27. The molecule has 1 aromatic rings. The van der Waals surface area contributed by atoms with Crippen molar-refractivity contribution in [3.8, 4) is 5.75 Å². The lowest BCUT2D eigenvalue weighted by Crippen LogP contribution is -2.18. The van der Waals surface area contributed by atoms with Crippen LogP contribution in [0.4, 0.5) is 0 Å². The molecule has 0 bridgehead atoms. The average molecular weight is 374 g/mol. The Hall–Kier alpha value is -0.580. The van der Waals surface area contributed by atoms with Gasteiger partial charge in [-0.2, -0.15) is 0 Å². The van der Waals surface area contributed by atoms with Crippen LogP contribution in [0.5, 0.6) is 5.75 Å². The summed E-state index contributed by atoms with van der Waals surface area (Å²) < 4.78 is 6.47. The predicted molar refractivity (Wildman–Crippen MR) is 87.3 cm³/mol. The van der Waals surface area contributed by atoms with E-state index in [1.54, 1.807) is 0 Å². The van der Waals surface area contributed by atoms with Crippen LogP contribution in [0.2, 0.25) is 0 Å². The van der Waals surface area contributed by atoms with E-state index in [4.69, 9.17) is 4.74 Å². The lowest BCUT2D eigenvalue weighted by Gasteiger charge is -2.19. The summed E-state index contributed by atoms with van der Waals surface area (Å²) in [5, 5.41) is 0. The van der Waals surface area contributed by atoms with Gasteiger partial charge < -0.3 is 4.74 Å². The zero-order valence-electron chi connectivity index (χ0n) is 12.2. The molecule has 0 heterocycles. The first kappa shape index (κ1) is 16.5. The fourth-order valence-corrected chi connectivity index (χ4v) is 2.32. The molecule has 0 N–H and O–H groups in total. The van der Waals surface area contributed by atoms with Crippen molar-refractivity contribution < 1.29 is 9.53 Å². The largest absolute Gasteiger partial charge is 0.426 e. The molecule has 0 aliphatic rings. The minimum Gasteiger partial charge on any atom is -0.426 e. The van der Waals surface area contributed by atoms with Crippen LogP contribution in [0.15, 0.2) is 24.3 Å². The molecule has 1 rings (SSSR count). The highest BCUT2D eigenvalue weighted by atomic mass is 127. The normalized spacial score (nSPS) is 13.1. The molecule has 0 aliphatic carbocycles. The van der Waals surface area contributed by atoms with Gasteiger partial charge in [0.05, 0.1) is 5.92 Å². The summed E-state index contributed by atoms with van der Waals surface area (Å²) in [4.78, 5) is 12.0.